The first-order chi connectivity index (χ1) is 10.3. The third kappa shape index (κ3) is 6.78. The third-order valence-electron chi connectivity index (χ3n) is 6.16. The molecule has 0 N–H and O–H groups in total. The van der Waals surface area contributed by atoms with Crippen molar-refractivity contribution in [2.45, 2.75) is 80.9 Å². The Morgan fingerprint density at radius 2 is 1.17 bits per heavy atom. The number of hydrogen-bond acceptors (Lipinski definition) is 1. The van der Waals surface area contributed by atoms with Gasteiger partial charge in [-0.3, -0.25) is 0 Å². The van der Waals surface area contributed by atoms with Gasteiger partial charge in [-0.2, -0.15) is 0 Å². The molecule has 0 amide bonds. The average molecular weight is 776 g/mol. The molecule has 10 heteroatoms. The van der Waals surface area contributed by atoms with Crippen LogP contribution >= 0.6 is 95.6 Å². The van der Waals surface area contributed by atoms with Crippen LogP contribution in [0.15, 0.2) is 0 Å². The van der Waals surface area contributed by atoms with E-state index in [1.807, 2.05) is 0 Å². The zero-order valence-electron chi connectivity index (χ0n) is 15.2. The second-order valence-corrected chi connectivity index (χ2v) is 50.5. The first-order valence-corrected chi connectivity index (χ1v) is 24.0. The molecule has 144 valence electrons. The standard InChI is InChI=1S/C14H28Br6OSi3/c1-22(2)11-12(7-9-13(15,16)17,8-10-14(18,19)20)21-23(3,4)24(22,5)6/h7-11H2,1-6H3. The predicted octanol–water partition coefficient (Wildman–Crippen LogP) is 8.77. The molecule has 0 spiro atoms. The second kappa shape index (κ2) is 8.32. The maximum atomic E-state index is 7.11. The fourth-order valence-corrected chi connectivity index (χ4v) is 35.3. The topological polar surface area (TPSA) is 9.23 Å². The highest BCUT2D eigenvalue weighted by Crippen LogP contribution is 2.52. The molecule has 0 aliphatic carbocycles. The monoisotopic (exact) mass is 770 g/mol. The summed E-state index contributed by atoms with van der Waals surface area (Å²) in [5, 5.41) is 0. The van der Waals surface area contributed by atoms with Gasteiger partial charge >= 0.3 is 0 Å². The van der Waals surface area contributed by atoms with E-state index in [1.165, 1.54) is 6.04 Å². The highest BCUT2D eigenvalue weighted by Gasteiger charge is 2.62. The van der Waals surface area contributed by atoms with Crippen LogP contribution in [-0.2, 0) is 4.43 Å². The van der Waals surface area contributed by atoms with E-state index < -0.39 is 22.5 Å². The summed E-state index contributed by atoms with van der Waals surface area (Å²) in [6.45, 7) is 15.4. The van der Waals surface area contributed by atoms with Crippen molar-refractivity contribution in [1.29, 1.82) is 0 Å². The maximum absolute atomic E-state index is 7.11. The Labute approximate surface area is 201 Å². The smallest absolute Gasteiger partial charge is 0.172 e. The van der Waals surface area contributed by atoms with Crippen LogP contribution in [0.1, 0.15) is 25.7 Å². The summed E-state index contributed by atoms with van der Waals surface area (Å²) in [7, 11) is -4.27. The zero-order chi connectivity index (χ0) is 19.2. The second-order valence-electron chi connectivity index (χ2n) is 8.71. The lowest BCUT2D eigenvalue weighted by atomic mass is 9.95. The van der Waals surface area contributed by atoms with Crippen molar-refractivity contribution in [2.75, 3.05) is 0 Å². The Hall–Kier alpha value is 3.49. The van der Waals surface area contributed by atoms with Gasteiger partial charge in [0.15, 0.2) is 7.83 Å². The summed E-state index contributed by atoms with van der Waals surface area (Å²) in [5.41, 5.74) is -0.00488. The van der Waals surface area contributed by atoms with E-state index >= 15 is 0 Å². The van der Waals surface area contributed by atoms with E-state index in [2.05, 4.69) is 135 Å². The summed E-state index contributed by atoms with van der Waals surface area (Å²) < 4.78 is 6.72. The van der Waals surface area contributed by atoms with Gasteiger partial charge in [-0.1, -0.05) is 122 Å². The van der Waals surface area contributed by atoms with Gasteiger partial charge in [-0.15, -0.1) is 0 Å². The Morgan fingerprint density at radius 3 is 1.46 bits per heavy atom. The van der Waals surface area contributed by atoms with Crippen molar-refractivity contribution >= 4 is 118 Å². The molecule has 1 heterocycles. The highest BCUT2D eigenvalue weighted by molar-refractivity contribution is 9.39. The average Bonchev–Trinajstić information content (AvgIpc) is 2.29. The lowest BCUT2D eigenvalue weighted by Gasteiger charge is -2.60. The van der Waals surface area contributed by atoms with Crippen LogP contribution in [0.25, 0.3) is 0 Å². The normalized spacial score (nSPS) is 25.5. The van der Waals surface area contributed by atoms with Crippen LogP contribution in [0, 0.1) is 0 Å². The molecule has 0 aromatic heterocycles. The van der Waals surface area contributed by atoms with Gasteiger partial charge in [0, 0.05) is 7.59 Å². The quantitative estimate of drug-likeness (QED) is 0.205. The Morgan fingerprint density at radius 1 is 0.792 bits per heavy atom. The molecule has 24 heavy (non-hydrogen) atoms. The van der Waals surface area contributed by atoms with Crippen LogP contribution in [0.3, 0.4) is 0 Å². The maximum Gasteiger partial charge on any atom is 0.172 e. The molecule has 1 nitrogen and oxygen atoms in total. The van der Waals surface area contributed by atoms with E-state index in [0.717, 1.165) is 25.7 Å². The molecule has 0 unspecified atom stereocenters. The number of alkyl halides is 6. The summed E-state index contributed by atoms with van der Waals surface area (Å²) in [5.74, 6) is 0. The minimum absolute atomic E-state index is 0.00488. The highest BCUT2D eigenvalue weighted by atomic mass is 80.0. The molecule has 1 rings (SSSR count). The van der Waals surface area contributed by atoms with Crippen molar-refractivity contribution < 1.29 is 4.43 Å². The minimum atomic E-state index is -1.67. The predicted molar refractivity (Wildman–Crippen MR) is 139 cm³/mol. The molecule has 0 bridgehead atoms. The lowest BCUT2D eigenvalue weighted by Crippen LogP contribution is -2.78. The molecule has 0 atom stereocenters. The number of hydrogen-bond donors (Lipinski definition) is 0. The van der Waals surface area contributed by atoms with Gasteiger partial charge in [-0.05, 0) is 44.8 Å². The van der Waals surface area contributed by atoms with Crippen molar-refractivity contribution in [3.8, 4) is 0 Å². The van der Waals surface area contributed by atoms with E-state index in [9.17, 15) is 0 Å². The summed E-state index contributed by atoms with van der Waals surface area (Å²) in [6, 6.07) is 1.28. The van der Waals surface area contributed by atoms with Gasteiger partial charge in [0.25, 0.3) is 0 Å². The lowest BCUT2D eigenvalue weighted by molar-refractivity contribution is 0.0590. The van der Waals surface area contributed by atoms with Crippen LogP contribution in [-0.4, -0.2) is 32.4 Å². The first kappa shape index (κ1) is 25.5. The Kier molecular flexibility index (Phi) is 8.85. The molecule has 0 radical (unpaired) electrons. The van der Waals surface area contributed by atoms with Gasteiger partial charge < -0.3 is 4.43 Å². The fraction of sp³-hybridized carbons (Fsp3) is 1.00. The largest absolute Gasteiger partial charge is 0.415 e. The zero-order valence-corrected chi connectivity index (χ0v) is 27.7. The Bertz CT molecular complexity index is 416. The number of halogens is 6. The van der Waals surface area contributed by atoms with Crippen LogP contribution in [0.5, 0.6) is 0 Å². The molecule has 1 saturated heterocycles. The minimum Gasteiger partial charge on any atom is -0.415 e. The van der Waals surface area contributed by atoms with Gasteiger partial charge in [0.1, 0.15) is 4.29 Å². The molecule has 1 aliphatic rings. The van der Waals surface area contributed by atoms with Crippen molar-refractivity contribution in [3.05, 3.63) is 0 Å². The van der Waals surface area contributed by atoms with Gasteiger partial charge in [0.2, 0.25) is 0 Å². The summed E-state index contributed by atoms with van der Waals surface area (Å²) in [6.07, 6.45) is 4.11. The Balaban J connectivity index is 3.18. The SMILES string of the molecule is C[Si]1(C)CC(CCC(Br)(Br)Br)(CCC(Br)(Br)Br)O[Si](C)(C)[Si]1(C)C. The molecule has 1 aliphatic heterocycles. The summed E-state index contributed by atoms with van der Waals surface area (Å²) >= 11 is 22.1. The number of rotatable bonds is 4. The first-order valence-electron chi connectivity index (χ1n) is 8.16. The van der Waals surface area contributed by atoms with E-state index in [0.29, 0.717) is 0 Å². The molecule has 0 aromatic carbocycles. The van der Waals surface area contributed by atoms with Gasteiger partial charge in [-0.25, -0.2) is 0 Å². The van der Waals surface area contributed by atoms with Crippen molar-refractivity contribution in [2.24, 2.45) is 0 Å². The molecular formula is C14H28Br6OSi3. The van der Waals surface area contributed by atoms with Crippen molar-refractivity contribution in [1.82, 2.24) is 0 Å². The summed E-state index contributed by atoms with van der Waals surface area (Å²) in [4.78, 5) is 0. The van der Waals surface area contributed by atoms with Crippen LogP contribution < -0.4 is 0 Å². The molecule has 0 saturated carbocycles. The third-order valence-corrected chi connectivity index (χ3v) is 48.9. The van der Waals surface area contributed by atoms with Crippen LogP contribution in [0.2, 0.25) is 45.3 Å². The van der Waals surface area contributed by atoms with Gasteiger partial charge in [0.05, 0.1) is 12.7 Å². The van der Waals surface area contributed by atoms with E-state index in [-0.39, 0.29) is 9.89 Å². The molecule has 1 fully saturated rings. The molecular weight excluding hydrogens is 748 g/mol. The molecule has 0 aromatic rings. The van der Waals surface area contributed by atoms with E-state index in [4.69, 9.17) is 4.43 Å². The van der Waals surface area contributed by atoms with Crippen LogP contribution in [0.4, 0.5) is 0 Å². The van der Waals surface area contributed by atoms with E-state index in [1.54, 1.807) is 0 Å². The fourth-order valence-electron chi connectivity index (χ4n) is 3.69. The van der Waals surface area contributed by atoms with Crippen molar-refractivity contribution in [3.63, 3.8) is 0 Å².